The smallest absolute Gasteiger partial charge is 0.275 e. The van der Waals surface area contributed by atoms with Crippen molar-refractivity contribution < 1.29 is 9.53 Å². The lowest BCUT2D eigenvalue weighted by Gasteiger charge is -2.31. The van der Waals surface area contributed by atoms with Gasteiger partial charge in [0.1, 0.15) is 0 Å². The predicted molar refractivity (Wildman–Crippen MR) is 94.7 cm³/mol. The van der Waals surface area contributed by atoms with Crippen LogP contribution in [-0.2, 0) is 4.74 Å². The van der Waals surface area contributed by atoms with E-state index in [0.29, 0.717) is 23.7 Å². The Morgan fingerprint density at radius 2 is 2.08 bits per heavy atom. The van der Waals surface area contributed by atoms with Crippen molar-refractivity contribution in [2.45, 2.75) is 37.3 Å². The van der Waals surface area contributed by atoms with Gasteiger partial charge in [0.2, 0.25) is 0 Å². The zero-order chi connectivity index (χ0) is 17.0. The molecule has 2 bridgehead atoms. The van der Waals surface area contributed by atoms with Crippen LogP contribution in [0.3, 0.4) is 0 Å². The summed E-state index contributed by atoms with van der Waals surface area (Å²) in [4.78, 5) is 17.5. The summed E-state index contributed by atoms with van der Waals surface area (Å²) >= 11 is 0. The van der Waals surface area contributed by atoms with E-state index in [1.807, 2.05) is 4.90 Å². The molecule has 4 heterocycles. The summed E-state index contributed by atoms with van der Waals surface area (Å²) in [7, 11) is 2.15. The maximum Gasteiger partial charge on any atom is 0.275 e. The van der Waals surface area contributed by atoms with Crippen LogP contribution >= 0.6 is 0 Å². The maximum atomic E-state index is 13.1. The van der Waals surface area contributed by atoms with Gasteiger partial charge in [-0.05, 0) is 49.9 Å². The largest absolute Gasteiger partial charge is 0.381 e. The van der Waals surface area contributed by atoms with Gasteiger partial charge in [-0.2, -0.15) is 5.10 Å². The highest BCUT2D eigenvalue weighted by molar-refractivity contribution is 6.05. The summed E-state index contributed by atoms with van der Waals surface area (Å²) in [6.45, 7) is 3.45. The Bertz CT molecular complexity index is 809. The van der Waals surface area contributed by atoms with E-state index in [2.05, 4.69) is 40.3 Å². The van der Waals surface area contributed by atoms with E-state index in [1.165, 1.54) is 5.56 Å². The number of aromatic nitrogens is 2. The van der Waals surface area contributed by atoms with Gasteiger partial charge >= 0.3 is 0 Å². The molecule has 3 aliphatic rings. The third kappa shape index (κ3) is 2.47. The first-order valence-electron chi connectivity index (χ1n) is 9.27. The molecule has 25 heavy (non-hydrogen) atoms. The Labute approximate surface area is 147 Å². The maximum absolute atomic E-state index is 13.1. The molecule has 0 saturated carbocycles. The number of benzene rings is 1. The Balaban J connectivity index is 1.46. The van der Waals surface area contributed by atoms with Gasteiger partial charge in [-0.1, -0.05) is 6.07 Å². The number of likely N-dealkylation sites (tertiary alicyclic amines) is 2. The van der Waals surface area contributed by atoms with Crippen molar-refractivity contribution in [1.29, 1.82) is 0 Å². The van der Waals surface area contributed by atoms with Crippen LogP contribution in [0.2, 0.25) is 0 Å². The zero-order valence-electron chi connectivity index (χ0n) is 14.6. The third-order valence-corrected chi connectivity index (χ3v) is 6.26. The average Bonchev–Trinajstić information content (AvgIpc) is 3.34. The van der Waals surface area contributed by atoms with E-state index < -0.39 is 0 Å². The van der Waals surface area contributed by atoms with E-state index in [9.17, 15) is 4.79 Å². The third-order valence-electron chi connectivity index (χ3n) is 6.26. The number of piperazine rings is 1. The van der Waals surface area contributed by atoms with Crippen molar-refractivity contribution in [2.75, 3.05) is 33.4 Å². The number of hydrogen-bond acceptors (Lipinski definition) is 4. The number of hydrogen-bond donors (Lipinski definition) is 1. The molecule has 1 N–H and O–H groups in total. The number of likely N-dealkylation sites (N-methyl/N-ethyl adjacent to an activating group) is 1. The van der Waals surface area contributed by atoms with Gasteiger partial charge in [0.05, 0.1) is 5.52 Å². The van der Waals surface area contributed by atoms with Crippen LogP contribution in [0, 0.1) is 0 Å². The molecule has 0 spiro atoms. The topological polar surface area (TPSA) is 61.5 Å². The van der Waals surface area contributed by atoms with Crippen LogP contribution in [0.1, 0.15) is 41.2 Å². The summed E-state index contributed by atoms with van der Waals surface area (Å²) in [6, 6.07) is 7.25. The fourth-order valence-corrected chi connectivity index (χ4v) is 4.73. The fraction of sp³-hybridized carbons (Fsp3) is 0.579. The normalized spacial score (nSPS) is 27.5. The van der Waals surface area contributed by atoms with Crippen LogP contribution in [0.5, 0.6) is 0 Å². The lowest BCUT2D eigenvalue weighted by molar-refractivity contribution is 0.0646. The Morgan fingerprint density at radius 1 is 1.24 bits per heavy atom. The van der Waals surface area contributed by atoms with E-state index in [0.717, 1.165) is 56.5 Å². The minimum Gasteiger partial charge on any atom is -0.381 e. The molecule has 0 radical (unpaired) electrons. The van der Waals surface area contributed by atoms with Crippen molar-refractivity contribution in [2.24, 2.45) is 0 Å². The summed E-state index contributed by atoms with van der Waals surface area (Å²) in [5, 5.41) is 8.38. The lowest BCUT2D eigenvalue weighted by Crippen LogP contribution is -2.47. The zero-order valence-corrected chi connectivity index (χ0v) is 14.6. The highest BCUT2D eigenvalue weighted by Gasteiger charge is 2.44. The molecule has 6 heteroatoms. The highest BCUT2D eigenvalue weighted by Crippen LogP contribution is 2.33. The van der Waals surface area contributed by atoms with Gasteiger partial charge in [-0.15, -0.1) is 0 Å². The number of ether oxygens (including phenoxy) is 1. The first kappa shape index (κ1) is 15.3. The number of aromatic amines is 1. The average molecular weight is 340 g/mol. The van der Waals surface area contributed by atoms with E-state index in [4.69, 9.17) is 4.74 Å². The van der Waals surface area contributed by atoms with Crippen LogP contribution in [0.25, 0.3) is 10.9 Å². The minimum absolute atomic E-state index is 0.0796. The quantitative estimate of drug-likeness (QED) is 0.908. The van der Waals surface area contributed by atoms with Gasteiger partial charge in [-0.3, -0.25) is 14.8 Å². The van der Waals surface area contributed by atoms with Crippen molar-refractivity contribution in [3.05, 3.63) is 29.5 Å². The van der Waals surface area contributed by atoms with Crippen molar-refractivity contribution in [1.82, 2.24) is 20.0 Å². The summed E-state index contributed by atoms with van der Waals surface area (Å²) in [6.07, 6.45) is 3.20. The molecule has 5 rings (SSSR count). The number of carbonyl (C=O) groups excluding carboxylic acids is 1. The lowest BCUT2D eigenvalue weighted by atomic mass is 9.91. The Morgan fingerprint density at radius 3 is 2.80 bits per heavy atom. The monoisotopic (exact) mass is 340 g/mol. The van der Waals surface area contributed by atoms with Gasteiger partial charge in [0, 0.05) is 43.8 Å². The highest BCUT2D eigenvalue weighted by atomic mass is 16.5. The van der Waals surface area contributed by atoms with Gasteiger partial charge in [-0.25, -0.2) is 0 Å². The van der Waals surface area contributed by atoms with Crippen LogP contribution in [0.4, 0.5) is 0 Å². The second-order valence-corrected chi connectivity index (χ2v) is 7.70. The number of nitrogens with zero attached hydrogens (tertiary/aromatic N) is 3. The first-order valence-corrected chi connectivity index (χ1v) is 9.27. The molecule has 1 aromatic carbocycles. The molecular formula is C19H24N4O2. The summed E-state index contributed by atoms with van der Waals surface area (Å²) in [5.74, 6) is 0.600. The molecule has 1 amide bonds. The number of H-pyrrole nitrogens is 1. The molecule has 3 aliphatic heterocycles. The number of carbonyl (C=O) groups is 1. The molecule has 3 saturated heterocycles. The Kier molecular flexibility index (Phi) is 3.57. The number of rotatable bonds is 2. The molecule has 132 valence electrons. The van der Waals surface area contributed by atoms with E-state index in [-0.39, 0.29) is 5.91 Å². The van der Waals surface area contributed by atoms with Gasteiger partial charge in [0.25, 0.3) is 5.91 Å². The number of nitrogens with one attached hydrogen (secondary N) is 1. The number of fused-ring (bicyclic) bond motifs is 3. The summed E-state index contributed by atoms with van der Waals surface area (Å²) in [5.41, 5.74) is 2.83. The predicted octanol–water partition coefficient (Wildman–Crippen LogP) is 1.99. The molecule has 2 unspecified atom stereocenters. The number of amides is 1. The van der Waals surface area contributed by atoms with Crippen LogP contribution < -0.4 is 0 Å². The van der Waals surface area contributed by atoms with Crippen LogP contribution in [-0.4, -0.2) is 71.3 Å². The molecule has 2 aromatic rings. The molecule has 3 fully saturated rings. The van der Waals surface area contributed by atoms with E-state index >= 15 is 0 Å². The summed E-state index contributed by atoms with van der Waals surface area (Å²) < 4.78 is 5.48. The Hall–Kier alpha value is -1.92. The van der Waals surface area contributed by atoms with Gasteiger partial charge in [0.15, 0.2) is 5.69 Å². The van der Waals surface area contributed by atoms with Crippen LogP contribution in [0.15, 0.2) is 18.2 Å². The molecular weight excluding hydrogens is 316 g/mol. The second kappa shape index (κ2) is 5.81. The standard InChI is InChI=1S/C19H24N4O2/c1-22-10-15-9-14(22)11-23(15)19(24)18-16-8-13(2-3-17(16)20-21-18)12-4-6-25-7-5-12/h2-3,8,12,14-15H,4-7,9-11H2,1H3,(H,20,21). The molecule has 2 atom stereocenters. The van der Waals surface area contributed by atoms with E-state index in [1.54, 1.807) is 0 Å². The molecule has 6 nitrogen and oxygen atoms in total. The van der Waals surface area contributed by atoms with Gasteiger partial charge < -0.3 is 9.64 Å². The minimum atomic E-state index is 0.0796. The molecule has 1 aromatic heterocycles. The second-order valence-electron chi connectivity index (χ2n) is 7.70. The van der Waals surface area contributed by atoms with Crippen molar-refractivity contribution in [3.8, 4) is 0 Å². The molecule has 0 aliphatic carbocycles. The van der Waals surface area contributed by atoms with Crippen molar-refractivity contribution >= 4 is 16.8 Å². The SMILES string of the molecule is CN1CC2CC1CN2C(=O)c1n[nH]c2ccc(C3CCOCC3)cc12. The first-order chi connectivity index (χ1) is 12.2. The fourth-order valence-electron chi connectivity index (χ4n) is 4.73. The van der Waals surface area contributed by atoms with Crippen molar-refractivity contribution in [3.63, 3.8) is 0 Å².